The third kappa shape index (κ3) is 4.00. The molecule has 2 rings (SSSR count). The van der Waals surface area contributed by atoms with E-state index in [-0.39, 0.29) is 4.90 Å². The van der Waals surface area contributed by atoms with Crippen LogP contribution in [0, 0.1) is 0 Å². The lowest BCUT2D eigenvalue weighted by Crippen LogP contribution is -2.30. The normalized spacial score (nSPS) is 11.3. The zero-order chi connectivity index (χ0) is 17.0. The van der Waals surface area contributed by atoms with Gasteiger partial charge in [0.25, 0.3) is 10.0 Å². The summed E-state index contributed by atoms with van der Waals surface area (Å²) in [6.07, 6.45) is 0. The number of nitrogens with zero attached hydrogens (tertiary/aromatic N) is 1. The fourth-order valence-electron chi connectivity index (χ4n) is 2.13. The molecule has 0 unspecified atom stereocenters. The minimum Gasteiger partial charge on any atom is -0.494 e. The number of hydrogen-bond donors (Lipinski definition) is 0. The van der Waals surface area contributed by atoms with E-state index in [0.717, 1.165) is 4.47 Å². The smallest absolute Gasteiger partial charge is 0.264 e. The van der Waals surface area contributed by atoms with E-state index in [1.807, 2.05) is 6.92 Å². The van der Waals surface area contributed by atoms with Crippen LogP contribution in [0.5, 0.6) is 5.75 Å². The second-order valence-electron chi connectivity index (χ2n) is 4.67. The van der Waals surface area contributed by atoms with Gasteiger partial charge in [0.05, 0.1) is 22.2 Å². The number of sulfonamides is 1. The summed E-state index contributed by atoms with van der Waals surface area (Å²) in [5, 5.41) is 0.461. The Balaban J connectivity index is 2.40. The number of rotatable bonds is 6. The van der Waals surface area contributed by atoms with Crippen molar-refractivity contribution in [2.75, 3.05) is 17.5 Å². The molecule has 0 saturated carbocycles. The number of halogens is 2. The first-order chi connectivity index (χ1) is 10.9. The molecule has 0 heterocycles. The fourth-order valence-corrected chi connectivity index (χ4v) is 4.02. The summed E-state index contributed by atoms with van der Waals surface area (Å²) in [5.41, 5.74) is 0.523. The van der Waals surface area contributed by atoms with Crippen LogP contribution >= 0.6 is 27.5 Å². The molecule has 124 valence electrons. The monoisotopic (exact) mass is 417 g/mol. The molecule has 0 N–H and O–H groups in total. The molecule has 0 aromatic heterocycles. The van der Waals surface area contributed by atoms with Crippen LogP contribution in [0.1, 0.15) is 13.8 Å². The number of anilines is 1. The van der Waals surface area contributed by atoms with Crippen molar-refractivity contribution in [3.05, 3.63) is 52.0 Å². The van der Waals surface area contributed by atoms with E-state index in [4.69, 9.17) is 16.3 Å². The van der Waals surface area contributed by atoms with Gasteiger partial charge < -0.3 is 4.74 Å². The average Bonchev–Trinajstić information content (AvgIpc) is 2.52. The second kappa shape index (κ2) is 7.55. The molecule has 0 saturated heterocycles. The highest BCUT2D eigenvalue weighted by atomic mass is 79.9. The molecular weight excluding hydrogens is 402 g/mol. The van der Waals surface area contributed by atoms with Gasteiger partial charge in [0.1, 0.15) is 5.75 Å². The van der Waals surface area contributed by atoms with E-state index < -0.39 is 10.0 Å². The van der Waals surface area contributed by atoms with Gasteiger partial charge in [0, 0.05) is 11.0 Å². The lowest BCUT2D eigenvalue weighted by atomic mass is 10.3. The van der Waals surface area contributed by atoms with Crippen LogP contribution in [-0.4, -0.2) is 21.6 Å². The summed E-state index contributed by atoms with van der Waals surface area (Å²) >= 11 is 9.39. The lowest BCUT2D eigenvalue weighted by molar-refractivity contribution is 0.340. The number of ether oxygens (including phenoxy) is 1. The first-order valence-electron chi connectivity index (χ1n) is 7.10. The molecule has 2 aromatic rings. The maximum atomic E-state index is 12.9. The molecule has 0 atom stereocenters. The van der Waals surface area contributed by atoms with Gasteiger partial charge in [-0.15, -0.1) is 0 Å². The van der Waals surface area contributed by atoms with Crippen LogP contribution in [0.3, 0.4) is 0 Å². The number of benzene rings is 2. The Morgan fingerprint density at radius 3 is 2.30 bits per heavy atom. The van der Waals surface area contributed by atoms with Gasteiger partial charge in [-0.25, -0.2) is 8.42 Å². The molecule has 4 nitrogen and oxygen atoms in total. The Morgan fingerprint density at radius 2 is 1.78 bits per heavy atom. The molecular formula is C16H17BrClNO3S. The number of hydrogen-bond acceptors (Lipinski definition) is 3. The standard InChI is InChI=1S/C16H17BrClNO3S/c1-3-19(12-5-10-15(17)16(18)11-12)23(20,21)14-8-6-13(7-9-14)22-4-2/h5-11H,3-4H2,1-2H3. The van der Waals surface area contributed by atoms with Crippen LogP contribution in [-0.2, 0) is 10.0 Å². The maximum Gasteiger partial charge on any atom is 0.264 e. The zero-order valence-corrected chi connectivity index (χ0v) is 16.0. The molecule has 0 spiro atoms. The predicted molar refractivity (Wildman–Crippen MR) is 97.0 cm³/mol. The second-order valence-corrected chi connectivity index (χ2v) is 7.80. The van der Waals surface area contributed by atoms with Crippen molar-refractivity contribution in [1.82, 2.24) is 0 Å². The van der Waals surface area contributed by atoms with E-state index in [9.17, 15) is 8.42 Å². The van der Waals surface area contributed by atoms with Crippen molar-refractivity contribution in [2.24, 2.45) is 0 Å². The lowest BCUT2D eigenvalue weighted by Gasteiger charge is -2.23. The molecule has 0 fully saturated rings. The Hall–Kier alpha value is -1.24. The molecule has 7 heteroatoms. The van der Waals surface area contributed by atoms with Gasteiger partial charge in [0.2, 0.25) is 0 Å². The topological polar surface area (TPSA) is 46.6 Å². The Kier molecular flexibility index (Phi) is 5.95. The highest BCUT2D eigenvalue weighted by Crippen LogP contribution is 2.30. The quantitative estimate of drug-likeness (QED) is 0.682. The molecule has 23 heavy (non-hydrogen) atoms. The van der Waals surface area contributed by atoms with E-state index in [2.05, 4.69) is 15.9 Å². The van der Waals surface area contributed by atoms with Crippen molar-refractivity contribution in [3.8, 4) is 5.75 Å². The molecule has 0 aliphatic carbocycles. The highest BCUT2D eigenvalue weighted by molar-refractivity contribution is 9.10. The summed E-state index contributed by atoms with van der Waals surface area (Å²) in [4.78, 5) is 0.210. The van der Waals surface area contributed by atoms with Gasteiger partial charge in [-0.1, -0.05) is 11.6 Å². The van der Waals surface area contributed by atoms with E-state index in [1.165, 1.54) is 4.31 Å². The van der Waals surface area contributed by atoms with E-state index in [1.54, 1.807) is 49.4 Å². The molecule has 0 amide bonds. The van der Waals surface area contributed by atoms with Gasteiger partial charge in [-0.2, -0.15) is 0 Å². The molecule has 0 aliphatic rings. The Labute approximate surface area is 150 Å². The summed E-state index contributed by atoms with van der Waals surface area (Å²) < 4.78 is 33.1. The van der Waals surface area contributed by atoms with Crippen LogP contribution in [0.2, 0.25) is 5.02 Å². The fraction of sp³-hybridized carbons (Fsp3) is 0.250. The van der Waals surface area contributed by atoms with Crippen molar-refractivity contribution < 1.29 is 13.2 Å². The molecule has 0 bridgehead atoms. The first-order valence-corrected chi connectivity index (χ1v) is 9.72. The largest absolute Gasteiger partial charge is 0.494 e. The van der Waals surface area contributed by atoms with Crippen LogP contribution in [0.25, 0.3) is 0 Å². The van der Waals surface area contributed by atoms with Crippen LogP contribution in [0.15, 0.2) is 51.8 Å². The maximum absolute atomic E-state index is 12.9. The first kappa shape index (κ1) is 18.1. The SMILES string of the molecule is CCOc1ccc(S(=O)(=O)N(CC)c2ccc(Br)c(Cl)c2)cc1. The predicted octanol–water partition coefficient (Wildman–Crippen LogP) is 4.72. The molecule has 0 aliphatic heterocycles. The van der Waals surface area contributed by atoms with Crippen molar-refractivity contribution in [2.45, 2.75) is 18.7 Å². The minimum absolute atomic E-state index is 0.210. The van der Waals surface area contributed by atoms with E-state index >= 15 is 0 Å². The summed E-state index contributed by atoms with van der Waals surface area (Å²) in [6.45, 7) is 4.49. The average molecular weight is 419 g/mol. The minimum atomic E-state index is -3.66. The summed E-state index contributed by atoms with van der Waals surface area (Å²) in [6, 6.07) is 11.5. The highest BCUT2D eigenvalue weighted by Gasteiger charge is 2.24. The molecule has 2 aromatic carbocycles. The van der Waals surface area contributed by atoms with Gasteiger partial charge >= 0.3 is 0 Å². The summed E-state index contributed by atoms with van der Waals surface area (Å²) in [5.74, 6) is 0.640. The summed E-state index contributed by atoms with van der Waals surface area (Å²) in [7, 11) is -3.66. The van der Waals surface area contributed by atoms with Gasteiger partial charge in [-0.05, 0) is 72.2 Å². The van der Waals surface area contributed by atoms with Gasteiger partial charge in [-0.3, -0.25) is 4.31 Å². The molecule has 0 radical (unpaired) electrons. The van der Waals surface area contributed by atoms with Crippen molar-refractivity contribution in [1.29, 1.82) is 0 Å². The van der Waals surface area contributed by atoms with Crippen LogP contribution < -0.4 is 9.04 Å². The zero-order valence-electron chi connectivity index (χ0n) is 12.8. The Bertz CT molecular complexity index is 778. The Morgan fingerprint density at radius 1 is 1.13 bits per heavy atom. The van der Waals surface area contributed by atoms with Crippen molar-refractivity contribution >= 4 is 43.2 Å². The van der Waals surface area contributed by atoms with Crippen molar-refractivity contribution in [3.63, 3.8) is 0 Å². The third-order valence-corrected chi connectivity index (χ3v) is 6.35. The van der Waals surface area contributed by atoms with E-state index in [0.29, 0.717) is 29.6 Å². The van der Waals surface area contributed by atoms with Crippen LogP contribution in [0.4, 0.5) is 5.69 Å². The van der Waals surface area contributed by atoms with Gasteiger partial charge in [0.15, 0.2) is 0 Å². The third-order valence-electron chi connectivity index (χ3n) is 3.20.